The highest BCUT2D eigenvalue weighted by molar-refractivity contribution is 8.01. The molecule has 166 valence electrons. The quantitative estimate of drug-likeness (QED) is 0.268. The maximum Gasteiger partial charge on any atom is 0.257 e. The summed E-state index contributed by atoms with van der Waals surface area (Å²) in [6, 6.07) is 24.4. The topological polar surface area (TPSA) is 93.2 Å². The molecule has 9 heteroatoms. The summed E-state index contributed by atoms with van der Waals surface area (Å²) in [5, 5.41) is 14.0. The number of thioether (sulfide) groups is 1. The molecule has 1 heterocycles. The lowest BCUT2D eigenvalue weighted by atomic mass is 10.0. The van der Waals surface area contributed by atoms with E-state index < -0.39 is 0 Å². The molecular formula is C24H20N4O3S2. The SMILES string of the molecule is COc1ccc(NC(=O)CSc2nnc(NC(=O)c3ccc(-c4ccccc4)cc3)s2)cc1. The number of nitrogens with zero attached hydrogens (tertiary/aromatic N) is 2. The Morgan fingerprint density at radius 1 is 0.879 bits per heavy atom. The lowest BCUT2D eigenvalue weighted by Crippen LogP contribution is -2.13. The molecule has 1 aromatic heterocycles. The van der Waals surface area contributed by atoms with E-state index >= 15 is 0 Å². The Kier molecular flexibility index (Phi) is 7.33. The van der Waals surface area contributed by atoms with Gasteiger partial charge in [-0.1, -0.05) is 65.6 Å². The maximum absolute atomic E-state index is 12.5. The van der Waals surface area contributed by atoms with Crippen LogP contribution in [0, 0.1) is 0 Å². The van der Waals surface area contributed by atoms with E-state index in [1.807, 2.05) is 42.5 Å². The average molecular weight is 477 g/mol. The van der Waals surface area contributed by atoms with Crippen LogP contribution in [0.1, 0.15) is 10.4 Å². The molecule has 4 rings (SSSR count). The summed E-state index contributed by atoms with van der Waals surface area (Å²) in [5.41, 5.74) is 3.34. The number of rotatable bonds is 8. The lowest BCUT2D eigenvalue weighted by molar-refractivity contribution is -0.113. The lowest BCUT2D eigenvalue weighted by Gasteiger charge is -2.05. The number of methoxy groups -OCH3 is 1. The first-order valence-corrected chi connectivity index (χ1v) is 11.8. The van der Waals surface area contributed by atoms with Gasteiger partial charge in [0.1, 0.15) is 5.75 Å². The number of ether oxygens (including phenoxy) is 1. The van der Waals surface area contributed by atoms with E-state index in [2.05, 4.69) is 20.8 Å². The van der Waals surface area contributed by atoms with Gasteiger partial charge >= 0.3 is 0 Å². The summed E-state index contributed by atoms with van der Waals surface area (Å²) >= 11 is 2.48. The highest BCUT2D eigenvalue weighted by Gasteiger charge is 2.12. The summed E-state index contributed by atoms with van der Waals surface area (Å²) in [7, 11) is 1.59. The van der Waals surface area contributed by atoms with Gasteiger partial charge in [-0.25, -0.2) is 0 Å². The summed E-state index contributed by atoms with van der Waals surface area (Å²) in [6.07, 6.45) is 0. The minimum Gasteiger partial charge on any atom is -0.497 e. The molecule has 33 heavy (non-hydrogen) atoms. The molecule has 0 saturated carbocycles. The minimum absolute atomic E-state index is 0.163. The van der Waals surface area contributed by atoms with Gasteiger partial charge in [0, 0.05) is 11.3 Å². The van der Waals surface area contributed by atoms with Gasteiger partial charge < -0.3 is 10.1 Å². The van der Waals surface area contributed by atoms with Crippen LogP contribution in [-0.4, -0.2) is 34.9 Å². The van der Waals surface area contributed by atoms with E-state index in [1.54, 1.807) is 43.5 Å². The molecule has 0 aliphatic rings. The molecule has 0 atom stereocenters. The number of hydrogen-bond donors (Lipinski definition) is 2. The zero-order valence-electron chi connectivity index (χ0n) is 17.6. The van der Waals surface area contributed by atoms with Crippen molar-refractivity contribution in [3.63, 3.8) is 0 Å². The Balaban J connectivity index is 1.28. The third kappa shape index (κ3) is 6.18. The van der Waals surface area contributed by atoms with Crippen LogP contribution in [0.25, 0.3) is 11.1 Å². The molecule has 2 amide bonds. The largest absolute Gasteiger partial charge is 0.497 e. The first-order chi connectivity index (χ1) is 16.1. The summed E-state index contributed by atoms with van der Waals surface area (Å²) in [5.74, 6) is 0.470. The van der Waals surface area contributed by atoms with Gasteiger partial charge in [-0.2, -0.15) is 0 Å². The molecule has 0 spiro atoms. The van der Waals surface area contributed by atoms with E-state index in [-0.39, 0.29) is 17.6 Å². The predicted molar refractivity (Wildman–Crippen MR) is 132 cm³/mol. The van der Waals surface area contributed by atoms with Crippen molar-refractivity contribution in [3.8, 4) is 16.9 Å². The van der Waals surface area contributed by atoms with Gasteiger partial charge in [0.2, 0.25) is 11.0 Å². The smallest absolute Gasteiger partial charge is 0.257 e. The molecule has 0 saturated heterocycles. The van der Waals surface area contributed by atoms with E-state index in [9.17, 15) is 9.59 Å². The van der Waals surface area contributed by atoms with E-state index in [1.165, 1.54) is 23.1 Å². The van der Waals surface area contributed by atoms with Crippen LogP contribution in [0.15, 0.2) is 83.2 Å². The molecule has 0 aliphatic carbocycles. The Bertz CT molecular complexity index is 1230. The van der Waals surface area contributed by atoms with Crippen LogP contribution < -0.4 is 15.4 Å². The number of nitrogens with one attached hydrogen (secondary N) is 2. The Labute approximate surface area is 199 Å². The van der Waals surface area contributed by atoms with Crippen LogP contribution in [0.3, 0.4) is 0 Å². The fraction of sp³-hybridized carbons (Fsp3) is 0.0833. The van der Waals surface area contributed by atoms with Crippen LogP contribution >= 0.6 is 23.1 Å². The molecule has 0 fully saturated rings. The number of amides is 2. The van der Waals surface area contributed by atoms with Crippen LogP contribution in [0.4, 0.5) is 10.8 Å². The summed E-state index contributed by atoms with van der Waals surface area (Å²) < 4.78 is 5.69. The van der Waals surface area contributed by atoms with E-state index in [4.69, 9.17) is 4.74 Å². The third-order valence-electron chi connectivity index (χ3n) is 4.58. The Morgan fingerprint density at radius 2 is 1.58 bits per heavy atom. The van der Waals surface area contributed by atoms with Gasteiger partial charge in [0.05, 0.1) is 12.9 Å². The Morgan fingerprint density at radius 3 is 2.27 bits per heavy atom. The van der Waals surface area contributed by atoms with Crippen molar-refractivity contribution >= 4 is 45.7 Å². The predicted octanol–water partition coefficient (Wildman–Crippen LogP) is 5.20. The van der Waals surface area contributed by atoms with Crippen LogP contribution in [0.2, 0.25) is 0 Å². The monoisotopic (exact) mass is 476 g/mol. The molecular weight excluding hydrogens is 456 g/mol. The standard InChI is InChI=1S/C24H20N4O3S2/c1-31-20-13-11-19(12-14-20)25-21(29)15-32-24-28-27-23(33-24)26-22(30)18-9-7-17(8-10-18)16-5-3-2-4-6-16/h2-14H,15H2,1H3,(H,25,29)(H,26,27,30). The van der Waals surface area contributed by atoms with Gasteiger partial charge in [0.25, 0.3) is 5.91 Å². The molecule has 0 unspecified atom stereocenters. The number of carbonyl (C=O) groups is 2. The van der Waals surface area contributed by atoms with E-state index in [0.29, 0.717) is 20.7 Å². The first kappa shape index (κ1) is 22.5. The summed E-state index contributed by atoms with van der Waals surface area (Å²) in [4.78, 5) is 24.7. The summed E-state index contributed by atoms with van der Waals surface area (Å²) in [6.45, 7) is 0. The Hall–Kier alpha value is -3.69. The van der Waals surface area contributed by atoms with Crippen molar-refractivity contribution in [2.45, 2.75) is 4.34 Å². The zero-order chi connectivity index (χ0) is 23.0. The van der Waals surface area contributed by atoms with E-state index in [0.717, 1.165) is 16.9 Å². The van der Waals surface area contributed by atoms with Crippen molar-refractivity contribution in [2.24, 2.45) is 0 Å². The highest BCUT2D eigenvalue weighted by Crippen LogP contribution is 2.26. The zero-order valence-corrected chi connectivity index (χ0v) is 19.3. The fourth-order valence-corrected chi connectivity index (χ4v) is 4.48. The molecule has 3 aromatic carbocycles. The van der Waals surface area contributed by atoms with Gasteiger partial charge in [0.15, 0.2) is 4.34 Å². The number of aromatic nitrogens is 2. The minimum atomic E-state index is -0.264. The molecule has 4 aromatic rings. The van der Waals surface area contributed by atoms with Crippen molar-refractivity contribution in [1.82, 2.24) is 10.2 Å². The van der Waals surface area contributed by atoms with Crippen molar-refractivity contribution in [3.05, 3.63) is 84.4 Å². The first-order valence-electron chi connectivity index (χ1n) is 9.98. The van der Waals surface area contributed by atoms with Crippen LogP contribution in [0.5, 0.6) is 5.75 Å². The molecule has 2 N–H and O–H groups in total. The van der Waals surface area contributed by atoms with Crippen LogP contribution in [-0.2, 0) is 4.79 Å². The van der Waals surface area contributed by atoms with Gasteiger partial charge in [-0.3, -0.25) is 14.9 Å². The second-order valence-electron chi connectivity index (χ2n) is 6.84. The normalized spacial score (nSPS) is 10.5. The average Bonchev–Trinajstić information content (AvgIpc) is 3.31. The number of hydrogen-bond acceptors (Lipinski definition) is 7. The second kappa shape index (κ2) is 10.8. The third-order valence-corrected chi connectivity index (χ3v) is 6.55. The molecule has 7 nitrogen and oxygen atoms in total. The number of carbonyl (C=O) groups excluding carboxylic acids is 2. The second-order valence-corrected chi connectivity index (χ2v) is 9.04. The van der Waals surface area contributed by atoms with Crippen molar-refractivity contribution in [1.29, 1.82) is 0 Å². The molecule has 0 aliphatic heterocycles. The van der Waals surface area contributed by atoms with Gasteiger partial charge in [-0.05, 0) is 47.5 Å². The number of benzene rings is 3. The maximum atomic E-state index is 12.5. The van der Waals surface area contributed by atoms with Crippen molar-refractivity contribution in [2.75, 3.05) is 23.5 Å². The fourth-order valence-electron chi connectivity index (χ4n) is 2.93. The van der Waals surface area contributed by atoms with Crippen molar-refractivity contribution < 1.29 is 14.3 Å². The molecule has 0 bridgehead atoms. The van der Waals surface area contributed by atoms with Gasteiger partial charge in [-0.15, -0.1) is 10.2 Å². The number of anilines is 2. The molecule has 0 radical (unpaired) electrons. The highest BCUT2D eigenvalue weighted by atomic mass is 32.2.